The second-order valence-electron chi connectivity index (χ2n) is 6.74. The summed E-state index contributed by atoms with van der Waals surface area (Å²) >= 11 is 5.90. The molecule has 1 aromatic carbocycles. The van der Waals surface area contributed by atoms with Gasteiger partial charge >= 0.3 is 0 Å². The van der Waals surface area contributed by atoms with Gasteiger partial charge in [0.05, 0.1) is 13.2 Å². The largest absolute Gasteiger partial charge is 0.347 e. The fourth-order valence-corrected chi connectivity index (χ4v) is 3.99. The van der Waals surface area contributed by atoms with Gasteiger partial charge in [-0.15, -0.1) is 0 Å². The molecule has 4 rings (SSSR count). The van der Waals surface area contributed by atoms with Crippen LogP contribution in [0.1, 0.15) is 19.3 Å². The normalized spacial score (nSPS) is 25.8. The Bertz CT molecular complexity index is 662. The second-order valence-corrected chi connectivity index (χ2v) is 7.18. The smallest absolute Gasteiger partial charge is 0.239 e. The Balaban J connectivity index is 1.40. The summed E-state index contributed by atoms with van der Waals surface area (Å²) in [5.74, 6) is -1.29. The first kappa shape index (κ1) is 16.8. The maximum Gasteiger partial charge on any atom is 0.239 e. The summed E-state index contributed by atoms with van der Waals surface area (Å²) in [7, 11) is 0. The lowest BCUT2D eigenvalue weighted by atomic mass is 10.00. The van der Waals surface area contributed by atoms with Crippen LogP contribution >= 0.6 is 11.6 Å². The Labute approximate surface area is 151 Å². The highest BCUT2D eigenvalue weighted by molar-refractivity contribution is 6.30. The Kier molecular flexibility index (Phi) is 4.43. The number of amides is 2. The monoisotopic (exact) mass is 364 g/mol. The molecule has 3 heterocycles. The molecule has 0 bridgehead atoms. The lowest BCUT2D eigenvalue weighted by Crippen LogP contribution is -2.49. The molecule has 134 valence electrons. The molecule has 7 heteroatoms. The number of carbonyl (C=O) groups excluding carboxylic acids is 2. The Morgan fingerprint density at radius 1 is 1.08 bits per heavy atom. The lowest BCUT2D eigenvalue weighted by Gasteiger charge is -2.38. The molecule has 0 saturated carbocycles. The maximum atomic E-state index is 12.8. The van der Waals surface area contributed by atoms with Crippen molar-refractivity contribution in [3.05, 3.63) is 29.3 Å². The Hall–Kier alpha value is -1.63. The third kappa shape index (κ3) is 3.14. The third-order valence-corrected chi connectivity index (χ3v) is 5.54. The zero-order chi connectivity index (χ0) is 17.4. The number of hydrogen-bond acceptors (Lipinski definition) is 4. The number of likely N-dealkylation sites (tertiary alicyclic amines) is 1. The highest BCUT2D eigenvalue weighted by atomic mass is 35.5. The van der Waals surface area contributed by atoms with Gasteiger partial charge in [-0.25, -0.2) is 0 Å². The summed E-state index contributed by atoms with van der Waals surface area (Å²) in [6.07, 6.45) is 1.88. The molecule has 1 spiro atoms. The van der Waals surface area contributed by atoms with Gasteiger partial charge in [0.25, 0.3) is 0 Å². The molecule has 1 aromatic rings. The van der Waals surface area contributed by atoms with Gasteiger partial charge < -0.3 is 19.3 Å². The van der Waals surface area contributed by atoms with Gasteiger partial charge in [-0.2, -0.15) is 0 Å². The van der Waals surface area contributed by atoms with E-state index in [2.05, 4.69) is 0 Å². The van der Waals surface area contributed by atoms with Crippen LogP contribution in [0.25, 0.3) is 0 Å². The topological polar surface area (TPSA) is 59.1 Å². The molecule has 6 nitrogen and oxygen atoms in total. The van der Waals surface area contributed by atoms with Gasteiger partial charge in [-0.3, -0.25) is 9.59 Å². The number of benzene rings is 1. The van der Waals surface area contributed by atoms with E-state index in [1.54, 1.807) is 21.9 Å². The highest BCUT2D eigenvalue weighted by Crippen LogP contribution is 2.33. The van der Waals surface area contributed by atoms with E-state index < -0.39 is 11.7 Å². The average Bonchev–Trinajstić information content (AvgIpc) is 3.23. The summed E-state index contributed by atoms with van der Waals surface area (Å²) in [4.78, 5) is 29.0. The predicted octanol–water partition coefficient (Wildman–Crippen LogP) is 2.06. The fourth-order valence-electron chi connectivity index (χ4n) is 3.86. The molecular formula is C18H21ClN2O4. The molecule has 2 amide bonds. The van der Waals surface area contributed by atoms with E-state index in [1.807, 2.05) is 12.1 Å². The van der Waals surface area contributed by atoms with Crippen molar-refractivity contribution in [3.8, 4) is 0 Å². The van der Waals surface area contributed by atoms with Crippen LogP contribution in [0.4, 0.5) is 5.69 Å². The van der Waals surface area contributed by atoms with Crippen LogP contribution in [0.3, 0.4) is 0 Å². The van der Waals surface area contributed by atoms with Crippen LogP contribution in [0.5, 0.6) is 0 Å². The van der Waals surface area contributed by atoms with E-state index in [4.69, 9.17) is 21.1 Å². The number of rotatable bonds is 2. The lowest BCUT2D eigenvalue weighted by molar-refractivity contribution is -0.188. The second kappa shape index (κ2) is 6.59. The van der Waals surface area contributed by atoms with Gasteiger partial charge in [-0.05, 0) is 30.7 Å². The van der Waals surface area contributed by atoms with Crippen molar-refractivity contribution < 1.29 is 19.1 Å². The number of hydrogen-bond donors (Lipinski definition) is 0. The molecule has 1 unspecified atom stereocenters. The first-order chi connectivity index (χ1) is 12.1. The zero-order valence-corrected chi connectivity index (χ0v) is 14.7. The van der Waals surface area contributed by atoms with Crippen molar-refractivity contribution in [2.45, 2.75) is 25.0 Å². The van der Waals surface area contributed by atoms with Gasteiger partial charge in [0, 0.05) is 43.2 Å². The van der Waals surface area contributed by atoms with Crippen LogP contribution in [0, 0.1) is 5.92 Å². The minimum atomic E-state index is -0.588. The van der Waals surface area contributed by atoms with E-state index in [1.165, 1.54) is 0 Å². The molecule has 3 aliphatic heterocycles. The van der Waals surface area contributed by atoms with Crippen molar-refractivity contribution in [2.24, 2.45) is 5.92 Å². The minimum absolute atomic E-state index is 0.0747. The number of ether oxygens (including phenoxy) is 2. The molecular weight excluding hydrogens is 344 g/mol. The fraction of sp³-hybridized carbons (Fsp3) is 0.556. The zero-order valence-electron chi connectivity index (χ0n) is 13.9. The maximum absolute atomic E-state index is 12.8. The van der Waals surface area contributed by atoms with Gasteiger partial charge in [0.2, 0.25) is 11.8 Å². The number of carbonyl (C=O) groups is 2. The minimum Gasteiger partial charge on any atom is -0.347 e. The van der Waals surface area contributed by atoms with E-state index in [0.29, 0.717) is 57.1 Å². The average molecular weight is 365 g/mol. The van der Waals surface area contributed by atoms with Crippen LogP contribution in [-0.2, 0) is 19.1 Å². The van der Waals surface area contributed by atoms with Crippen LogP contribution in [-0.4, -0.2) is 55.3 Å². The molecule has 0 aliphatic carbocycles. The van der Waals surface area contributed by atoms with E-state index in [-0.39, 0.29) is 11.8 Å². The predicted molar refractivity (Wildman–Crippen MR) is 92.4 cm³/mol. The molecule has 3 aliphatic rings. The van der Waals surface area contributed by atoms with Crippen molar-refractivity contribution >= 4 is 29.1 Å². The van der Waals surface area contributed by atoms with Crippen molar-refractivity contribution in [1.82, 2.24) is 4.90 Å². The number of piperidine rings is 1. The number of anilines is 1. The van der Waals surface area contributed by atoms with Crippen LogP contribution in [0.2, 0.25) is 5.02 Å². The van der Waals surface area contributed by atoms with E-state index >= 15 is 0 Å². The van der Waals surface area contributed by atoms with Gasteiger partial charge in [-0.1, -0.05) is 11.6 Å². The summed E-state index contributed by atoms with van der Waals surface area (Å²) in [6, 6.07) is 7.13. The molecule has 0 radical (unpaired) electrons. The third-order valence-electron chi connectivity index (χ3n) is 5.29. The molecule has 0 aromatic heterocycles. The first-order valence-corrected chi connectivity index (χ1v) is 9.09. The Morgan fingerprint density at radius 3 is 2.36 bits per heavy atom. The van der Waals surface area contributed by atoms with Crippen LogP contribution in [0.15, 0.2) is 24.3 Å². The summed E-state index contributed by atoms with van der Waals surface area (Å²) in [5.41, 5.74) is 0.787. The standard InChI is InChI=1S/C18H21ClN2O4/c19-13-1-3-14(4-2-13)21-8-5-15(17(21)23)16(22)20-9-6-18(7-10-20)24-11-12-25-18/h1-4,15H,5-12H2. The molecule has 1 atom stereocenters. The molecule has 25 heavy (non-hydrogen) atoms. The van der Waals surface area contributed by atoms with Crippen molar-refractivity contribution in [1.29, 1.82) is 0 Å². The number of halogens is 1. The molecule has 0 N–H and O–H groups in total. The summed E-state index contributed by atoms with van der Waals surface area (Å²) in [5, 5.41) is 0.626. The van der Waals surface area contributed by atoms with E-state index in [9.17, 15) is 9.59 Å². The SMILES string of the molecule is O=C(C1CCN(c2ccc(Cl)cc2)C1=O)N1CCC2(CC1)OCCO2. The molecule has 3 saturated heterocycles. The van der Waals surface area contributed by atoms with E-state index in [0.717, 1.165) is 5.69 Å². The summed E-state index contributed by atoms with van der Waals surface area (Å²) in [6.45, 7) is 2.93. The Morgan fingerprint density at radius 2 is 1.72 bits per heavy atom. The van der Waals surface area contributed by atoms with Crippen LogP contribution < -0.4 is 4.90 Å². The first-order valence-electron chi connectivity index (χ1n) is 8.72. The number of nitrogens with zero attached hydrogens (tertiary/aromatic N) is 2. The van der Waals surface area contributed by atoms with Gasteiger partial charge in [0.1, 0.15) is 5.92 Å². The summed E-state index contributed by atoms with van der Waals surface area (Å²) < 4.78 is 11.4. The van der Waals surface area contributed by atoms with Gasteiger partial charge in [0.15, 0.2) is 5.79 Å². The molecule has 3 fully saturated rings. The van der Waals surface area contributed by atoms with Crippen molar-refractivity contribution in [2.75, 3.05) is 37.7 Å². The van der Waals surface area contributed by atoms with Crippen molar-refractivity contribution in [3.63, 3.8) is 0 Å². The highest BCUT2D eigenvalue weighted by Gasteiger charge is 2.44. The quantitative estimate of drug-likeness (QED) is 0.754.